The summed E-state index contributed by atoms with van der Waals surface area (Å²) >= 11 is 0. The summed E-state index contributed by atoms with van der Waals surface area (Å²) in [4.78, 5) is 15.2. The van der Waals surface area contributed by atoms with E-state index in [0.29, 0.717) is 30.1 Å². The monoisotopic (exact) mass is 417 g/mol. The molecule has 4 nitrogen and oxygen atoms in total. The van der Waals surface area contributed by atoms with Crippen LogP contribution < -0.4 is 0 Å². The van der Waals surface area contributed by atoms with Gasteiger partial charge in [-0.05, 0) is 82.5 Å². The van der Waals surface area contributed by atoms with E-state index in [1.807, 2.05) is 0 Å². The summed E-state index contributed by atoms with van der Waals surface area (Å²) in [7, 11) is 2.31. The molecule has 3 fully saturated rings. The summed E-state index contributed by atoms with van der Waals surface area (Å²) in [5.74, 6) is 2.26. The van der Waals surface area contributed by atoms with E-state index in [1.54, 1.807) is 0 Å². The Morgan fingerprint density at radius 3 is 2.43 bits per heavy atom. The Morgan fingerprint density at radius 1 is 1.10 bits per heavy atom. The standard InChI is InChI=1S/C26H45N2O2/c1-7-28(6,8-2)18-17-27-22-10-9-19-20(24(22,3)14-13-23(27)29)11-15-25(4)21(19)12-16-26(25,5)30/h10,19-21,30H,7-9,11-18H2,1-6H3/q+1/t19-,20+,21+,24-,25+,26+/m1/s1. The fourth-order valence-electron chi connectivity index (χ4n) is 7.82. The summed E-state index contributed by atoms with van der Waals surface area (Å²) in [5, 5.41) is 11.1. The van der Waals surface area contributed by atoms with Gasteiger partial charge in [0.05, 0.1) is 38.8 Å². The van der Waals surface area contributed by atoms with Crippen LogP contribution in [0.1, 0.15) is 79.6 Å². The first kappa shape index (κ1) is 22.3. The Labute approximate surface area is 184 Å². The van der Waals surface area contributed by atoms with Crippen LogP contribution in [0.4, 0.5) is 0 Å². The van der Waals surface area contributed by atoms with Gasteiger partial charge < -0.3 is 14.5 Å². The number of piperidine rings is 1. The maximum Gasteiger partial charge on any atom is 0.226 e. The molecule has 4 heteroatoms. The van der Waals surface area contributed by atoms with E-state index in [-0.39, 0.29) is 10.8 Å². The lowest BCUT2D eigenvalue weighted by atomic mass is 9.48. The zero-order chi connectivity index (χ0) is 21.9. The lowest BCUT2D eigenvalue weighted by Crippen LogP contribution is -2.57. The maximum atomic E-state index is 13.0. The zero-order valence-corrected chi connectivity index (χ0v) is 20.3. The van der Waals surface area contributed by atoms with Crippen molar-refractivity contribution in [3.8, 4) is 0 Å². The molecular weight excluding hydrogens is 372 g/mol. The molecule has 6 atom stereocenters. The summed E-state index contributed by atoms with van der Waals surface area (Å²) in [6.07, 6.45) is 9.66. The van der Waals surface area contributed by atoms with Crippen molar-refractivity contribution in [1.82, 2.24) is 4.90 Å². The Hall–Kier alpha value is -0.870. The second-order valence-electron chi connectivity index (χ2n) is 11.9. The first-order valence-electron chi connectivity index (χ1n) is 12.6. The Balaban J connectivity index is 1.61. The smallest absolute Gasteiger partial charge is 0.226 e. The van der Waals surface area contributed by atoms with E-state index in [2.05, 4.69) is 52.6 Å². The highest BCUT2D eigenvalue weighted by Gasteiger charge is 2.62. The molecule has 1 heterocycles. The summed E-state index contributed by atoms with van der Waals surface area (Å²) in [5.41, 5.74) is 0.993. The molecule has 30 heavy (non-hydrogen) atoms. The van der Waals surface area contributed by atoms with Crippen LogP contribution in [0.3, 0.4) is 0 Å². The number of allylic oxidation sites excluding steroid dienone is 2. The minimum Gasteiger partial charge on any atom is -0.390 e. The number of hydrogen-bond donors (Lipinski definition) is 1. The van der Waals surface area contributed by atoms with Gasteiger partial charge in [0.1, 0.15) is 0 Å². The summed E-state index contributed by atoms with van der Waals surface area (Å²) in [6, 6.07) is 0. The van der Waals surface area contributed by atoms with Crippen molar-refractivity contribution in [2.45, 2.75) is 85.2 Å². The van der Waals surface area contributed by atoms with Gasteiger partial charge in [-0.3, -0.25) is 4.79 Å². The van der Waals surface area contributed by atoms with Crippen LogP contribution in [0, 0.1) is 28.6 Å². The van der Waals surface area contributed by atoms with Gasteiger partial charge in [-0.25, -0.2) is 0 Å². The molecule has 1 amide bonds. The molecule has 170 valence electrons. The van der Waals surface area contributed by atoms with Crippen molar-refractivity contribution in [3.05, 3.63) is 11.8 Å². The number of likely N-dealkylation sites (tertiary alicyclic amines) is 1. The molecule has 0 aromatic heterocycles. The summed E-state index contributed by atoms with van der Waals surface area (Å²) in [6.45, 7) is 15.5. The van der Waals surface area contributed by atoms with Gasteiger partial charge in [-0.2, -0.15) is 0 Å². The molecule has 2 saturated carbocycles. The highest BCUT2D eigenvalue weighted by molar-refractivity contribution is 5.80. The molecule has 4 rings (SSSR count). The molecule has 1 aliphatic heterocycles. The highest BCUT2D eigenvalue weighted by Crippen LogP contribution is 2.66. The van der Waals surface area contributed by atoms with E-state index in [4.69, 9.17) is 0 Å². The van der Waals surface area contributed by atoms with E-state index >= 15 is 0 Å². The summed E-state index contributed by atoms with van der Waals surface area (Å²) < 4.78 is 1.02. The molecule has 4 aliphatic rings. The number of hydrogen-bond acceptors (Lipinski definition) is 2. The molecule has 0 spiro atoms. The lowest BCUT2D eigenvalue weighted by molar-refractivity contribution is -0.905. The molecule has 1 N–H and O–H groups in total. The van der Waals surface area contributed by atoms with Crippen molar-refractivity contribution >= 4 is 5.91 Å². The third-order valence-electron chi connectivity index (χ3n) is 10.8. The van der Waals surface area contributed by atoms with E-state index in [1.165, 1.54) is 12.1 Å². The van der Waals surface area contributed by atoms with Crippen LogP contribution in [-0.4, -0.2) is 59.2 Å². The van der Waals surface area contributed by atoms with Crippen LogP contribution in [0.25, 0.3) is 0 Å². The molecular formula is C26H45N2O2+. The van der Waals surface area contributed by atoms with E-state index < -0.39 is 5.60 Å². The first-order chi connectivity index (χ1) is 14.0. The maximum absolute atomic E-state index is 13.0. The molecule has 0 unspecified atom stereocenters. The van der Waals surface area contributed by atoms with E-state index in [9.17, 15) is 9.90 Å². The van der Waals surface area contributed by atoms with Crippen molar-refractivity contribution in [2.75, 3.05) is 33.2 Å². The van der Waals surface area contributed by atoms with Gasteiger partial charge in [0, 0.05) is 17.5 Å². The second kappa shape index (κ2) is 7.33. The van der Waals surface area contributed by atoms with Gasteiger partial charge >= 0.3 is 0 Å². The number of carbonyl (C=O) groups is 1. The number of likely N-dealkylation sites (N-methyl/N-ethyl adjacent to an activating group) is 1. The van der Waals surface area contributed by atoms with Crippen molar-refractivity contribution in [2.24, 2.45) is 28.6 Å². The number of amides is 1. The first-order valence-corrected chi connectivity index (χ1v) is 12.6. The van der Waals surface area contributed by atoms with Crippen LogP contribution in [0.5, 0.6) is 0 Å². The molecule has 3 aliphatic carbocycles. The van der Waals surface area contributed by atoms with Gasteiger partial charge in [-0.1, -0.05) is 19.9 Å². The SMILES string of the molecule is CC[N+](C)(CC)CCN1C(=O)CC[C@@]2(C)C1=CC[C@@H]1[C@@H]2CC[C@@]2(C)[C@H]1CC[C@]2(C)O. The number of quaternary nitrogens is 1. The molecule has 0 radical (unpaired) electrons. The van der Waals surface area contributed by atoms with Crippen LogP contribution >= 0.6 is 0 Å². The van der Waals surface area contributed by atoms with Crippen LogP contribution in [0.2, 0.25) is 0 Å². The average Bonchev–Trinajstić information content (AvgIpc) is 2.96. The third-order valence-corrected chi connectivity index (χ3v) is 10.8. The van der Waals surface area contributed by atoms with Crippen molar-refractivity contribution in [3.63, 3.8) is 0 Å². The number of aliphatic hydroxyl groups is 1. The van der Waals surface area contributed by atoms with Crippen molar-refractivity contribution < 1.29 is 14.4 Å². The molecule has 0 aromatic rings. The third kappa shape index (κ3) is 3.11. The lowest BCUT2D eigenvalue weighted by Gasteiger charge is -2.59. The Kier molecular flexibility index (Phi) is 5.46. The van der Waals surface area contributed by atoms with Gasteiger partial charge in [-0.15, -0.1) is 0 Å². The predicted octanol–water partition coefficient (Wildman–Crippen LogP) is 4.58. The number of carbonyl (C=O) groups excluding carboxylic acids is 1. The molecule has 0 bridgehead atoms. The topological polar surface area (TPSA) is 40.5 Å². The number of rotatable bonds is 5. The zero-order valence-electron chi connectivity index (χ0n) is 20.3. The Bertz CT molecular complexity index is 725. The number of fused-ring (bicyclic) bond motifs is 5. The van der Waals surface area contributed by atoms with Gasteiger partial charge in [0.2, 0.25) is 5.91 Å². The van der Waals surface area contributed by atoms with Crippen LogP contribution in [-0.2, 0) is 4.79 Å². The van der Waals surface area contributed by atoms with E-state index in [0.717, 1.165) is 62.8 Å². The largest absolute Gasteiger partial charge is 0.390 e. The average molecular weight is 418 g/mol. The second-order valence-corrected chi connectivity index (χ2v) is 11.9. The number of nitrogens with zero attached hydrogens (tertiary/aromatic N) is 2. The quantitative estimate of drug-likeness (QED) is 0.665. The minimum absolute atomic E-state index is 0.0571. The van der Waals surface area contributed by atoms with Crippen molar-refractivity contribution in [1.29, 1.82) is 0 Å². The van der Waals surface area contributed by atoms with Gasteiger partial charge in [0.25, 0.3) is 0 Å². The molecule has 0 aromatic carbocycles. The highest BCUT2D eigenvalue weighted by atomic mass is 16.3. The fourth-order valence-corrected chi connectivity index (χ4v) is 7.82. The van der Waals surface area contributed by atoms with Gasteiger partial charge in [0.15, 0.2) is 0 Å². The minimum atomic E-state index is -0.523. The fraction of sp³-hybridized carbons (Fsp3) is 0.885. The normalized spacial score (nSPS) is 43.7. The Morgan fingerprint density at radius 2 is 1.77 bits per heavy atom. The van der Waals surface area contributed by atoms with Crippen LogP contribution in [0.15, 0.2) is 11.8 Å². The molecule has 1 saturated heterocycles. The predicted molar refractivity (Wildman–Crippen MR) is 122 cm³/mol.